The number of benzene rings is 1. The van der Waals surface area contributed by atoms with Crippen molar-refractivity contribution in [3.05, 3.63) is 29.8 Å². The molecule has 0 saturated carbocycles. The molecule has 1 atom stereocenters. The minimum absolute atomic E-state index is 0.105. The molecule has 1 aliphatic rings. The van der Waals surface area contributed by atoms with E-state index in [1.165, 1.54) is 0 Å². The maximum atomic E-state index is 11.0. The minimum atomic E-state index is -2.83. The Hall–Kier alpha value is -1.07. The van der Waals surface area contributed by atoms with Crippen LogP contribution in [-0.4, -0.2) is 37.7 Å². The van der Waals surface area contributed by atoms with Crippen molar-refractivity contribution in [1.82, 2.24) is 0 Å². The third-order valence-electron chi connectivity index (χ3n) is 2.91. The van der Waals surface area contributed by atoms with Crippen LogP contribution in [0.4, 0.5) is 0 Å². The molecule has 5 heteroatoms. The highest BCUT2D eigenvalue weighted by Gasteiger charge is 2.35. The van der Waals surface area contributed by atoms with E-state index < -0.39 is 9.84 Å². The second-order valence-corrected chi connectivity index (χ2v) is 6.62. The van der Waals surface area contributed by atoms with E-state index in [-0.39, 0.29) is 30.1 Å². The molecule has 1 N–H and O–H groups in total. The highest BCUT2D eigenvalue weighted by Crippen LogP contribution is 2.22. The van der Waals surface area contributed by atoms with Crippen LogP contribution < -0.4 is 4.74 Å². The van der Waals surface area contributed by atoms with Crippen molar-refractivity contribution in [2.24, 2.45) is 0 Å². The fraction of sp³-hybridized carbons (Fsp3) is 0.500. The largest absolute Gasteiger partial charge is 0.488 e. The molecular weight excluding hydrogens is 240 g/mol. The summed E-state index contributed by atoms with van der Waals surface area (Å²) in [5.41, 5.74) is 1.04. The summed E-state index contributed by atoms with van der Waals surface area (Å²) in [6.45, 7) is 2.05. The van der Waals surface area contributed by atoms with E-state index >= 15 is 0 Å². The van der Waals surface area contributed by atoms with Crippen LogP contribution >= 0.6 is 0 Å². The lowest BCUT2D eigenvalue weighted by molar-refractivity contribution is 0.230. The Morgan fingerprint density at radius 3 is 2.41 bits per heavy atom. The fourth-order valence-corrected chi connectivity index (χ4v) is 2.93. The molecule has 0 radical (unpaired) electrons. The second-order valence-electron chi connectivity index (χ2n) is 4.47. The van der Waals surface area contributed by atoms with E-state index in [1.807, 2.05) is 31.2 Å². The predicted molar refractivity (Wildman–Crippen MR) is 65.0 cm³/mol. The second kappa shape index (κ2) is 4.66. The summed E-state index contributed by atoms with van der Waals surface area (Å²) in [4.78, 5) is 0. The molecular formula is C12H16O4S. The quantitative estimate of drug-likeness (QED) is 0.871. The molecule has 1 fully saturated rings. The molecule has 94 valence electrons. The van der Waals surface area contributed by atoms with Gasteiger partial charge in [-0.2, -0.15) is 0 Å². The molecule has 1 unspecified atom stereocenters. The number of hydrogen-bond donors (Lipinski definition) is 1. The van der Waals surface area contributed by atoms with Crippen LogP contribution in [0.3, 0.4) is 0 Å². The van der Waals surface area contributed by atoms with Gasteiger partial charge in [-0.1, -0.05) is 19.1 Å². The Bertz CT molecular complexity index is 466. The molecule has 2 rings (SSSR count). The fourth-order valence-electron chi connectivity index (χ4n) is 1.76. The van der Waals surface area contributed by atoms with Crippen molar-refractivity contribution < 1.29 is 18.3 Å². The van der Waals surface area contributed by atoms with E-state index in [0.29, 0.717) is 5.75 Å². The Labute approximate surface area is 101 Å². The molecule has 0 aromatic heterocycles. The maximum absolute atomic E-state index is 11.0. The smallest absolute Gasteiger partial charge is 0.157 e. The third-order valence-corrected chi connectivity index (χ3v) is 4.66. The molecule has 0 aliphatic carbocycles. The summed E-state index contributed by atoms with van der Waals surface area (Å²) in [7, 11) is -2.83. The first kappa shape index (κ1) is 12.4. The molecule has 0 amide bonds. The van der Waals surface area contributed by atoms with Gasteiger partial charge in [-0.15, -0.1) is 0 Å². The lowest BCUT2D eigenvalue weighted by Crippen LogP contribution is -2.45. The van der Waals surface area contributed by atoms with Crippen LogP contribution in [0, 0.1) is 0 Å². The number of rotatable bonds is 4. The van der Waals surface area contributed by atoms with E-state index in [9.17, 15) is 8.42 Å². The van der Waals surface area contributed by atoms with Crippen LogP contribution in [0.5, 0.6) is 5.75 Å². The van der Waals surface area contributed by atoms with Gasteiger partial charge in [-0.05, 0) is 17.7 Å². The van der Waals surface area contributed by atoms with Gasteiger partial charge in [-0.3, -0.25) is 0 Å². The highest BCUT2D eigenvalue weighted by molar-refractivity contribution is 7.92. The lowest BCUT2D eigenvalue weighted by Gasteiger charge is -2.26. The van der Waals surface area contributed by atoms with Gasteiger partial charge < -0.3 is 9.84 Å². The van der Waals surface area contributed by atoms with E-state index in [2.05, 4.69) is 0 Å². The Kier molecular flexibility index (Phi) is 3.40. The molecule has 0 spiro atoms. The van der Waals surface area contributed by atoms with Crippen LogP contribution in [0.25, 0.3) is 0 Å². The molecule has 1 saturated heterocycles. The van der Waals surface area contributed by atoms with Crippen LogP contribution in [0.15, 0.2) is 24.3 Å². The zero-order chi connectivity index (χ0) is 12.5. The monoisotopic (exact) mass is 256 g/mol. The molecule has 1 aromatic rings. The highest BCUT2D eigenvalue weighted by atomic mass is 32.2. The Morgan fingerprint density at radius 1 is 1.35 bits per heavy atom. The van der Waals surface area contributed by atoms with Crippen LogP contribution in [0.1, 0.15) is 18.4 Å². The third kappa shape index (κ3) is 2.98. The van der Waals surface area contributed by atoms with Gasteiger partial charge in [0.15, 0.2) is 9.84 Å². The van der Waals surface area contributed by atoms with E-state index in [1.54, 1.807) is 0 Å². The van der Waals surface area contributed by atoms with Crippen LogP contribution in [0.2, 0.25) is 0 Å². The molecule has 4 nitrogen and oxygen atoms in total. The standard InChI is InChI=1S/C12H16O4S/c1-9(6-13)10-2-4-11(5-3-10)16-12-7-17(14,15)8-12/h2-5,9,12-13H,6-8H2,1H3. The van der Waals surface area contributed by atoms with Crippen molar-refractivity contribution in [1.29, 1.82) is 0 Å². The van der Waals surface area contributed by atoms with Crippen molar-refractivity contribution in [3.8, 4) is 5.75 Å². The molecule has 0 bridgehead atoms. The van der Waals surface area contributed by atoms with Gasteiger partial charge in [0.2, 0.25) is 0 Å². The first-order valence-electron chi connectivity index (χ1n) is 5.58. The Morgan fingerprint density at radius 2 is 1.94 bits per heavy atom. The molecule has 1 heterocycles. The summed E-state index contributed by atoms with van der Waals surface area (Å²) in [5, 5.41) is 9.01. The van der Waals surface area contributed by atoms with Crippen molar-refractivity contribution in [2.45, 2.75) is 18.9 Å². The number of ether oxygens (including phenoxy) is 1. The van der Waals surface area contributed by atoms with Gasteiger partial charge in [0.05, 0.1) is 11.5 Å². The zero-order valence-electron chi connectivity index (χ0n) is 9.67. The molecule has 1 aromatic carbocycles. The number of hydrogen-bond acceptors (Lipinski definition) is 4. The van der Waals surface area contributed by atoms with Crippen molar-refractivity contribution in [3.63, 3.8) is 0 Å². The van der Waals surface area contributed by atoms with Gasteiger partial charge in [0.25, 0.3) is 0 Å². The summed E-state index contributed by atoms with van der Waals surface area (Å²) in [6.07, 6.45) is -0.207. The topological polar surface area (TPSA) is 63.6 Å². The SMILES string of the molecule is CC(CO)c1ccc(OC2CS(=O)(=O)C2)cc1. The van der Waals surface area contributed by atoms with Gasteiger partial charge in [-0.25, -0.2) is 8.42 Å². The zero-order valence-corrected chi connectivity index (χ0v) is 10.5. The maximum Gasteiger partial charge on any atom is 0.157 e. The lowest BCUT2D eigenvalue weighted by atomic mass is 10.0. The molecule has 17 heavy (non-hydrogen) atoms. The van der Waals surface area contributed by atoms with Gasteiger partial charge >= 0.3 is 0 Å². The number of aliphatic hydroxyl groups is 1. The normalized spacial score (nSPS) is 20.6. The van der Waals surface area contributed by atoms with Crippen LogP contribution in [-0.2, 0) is 9.84 Å². The predicted octanol–water partition coefficient (Wildman–Crippen LogP) is 0.958. The average Bonchev–Trinajstić information content (AvgIpc) is 2.26. The summed E-state index contributed by atoms with van der Waals surface area (Å²) >= 11 is 0. The first-order chi connectivity index (χ1) is 8.00. The first-order valence-corrected chi connectivity index (χ1v) is 7.40. The van der Waals surface area contributed by atoms with Gasteiger partial charge in [0.1, 0.15) is 11.9 Å². The summed E-state index contributed by atoms with van der Waals surface area (Å²) in [6, 6.07) is 7.41. The Balaban J connectivity index is 1.95. The number of aliphatic hydroxyl groups excluding tert-OH is 1. The number of sulfone groups is 1. The minimum Gasteiger partial charge on any atom is -0.488 e. The summed E-state index contributed by atoms with van der Waals surface area (Å²) in [5.74, 6) is 1.01. The average molecular weight is 256 g/mol. The molecule has 1 aliphatic heterocycles. The van der Waals surface area contributed by atoms with Gasteiger partial charge in [0, 0.05) is 12.5 Å². The van der Waals surface area contributed by atoms with E-state index in [4.69, 9.17) is 9.84 Å². The summed E-state index contributed by atoms with van der Waals surface area (Å²) < 4.78 is 27.4. The van der Waals surface area contributed by atoms with Crippen molar-refractivity contribution in [2.75, 3.05) is 18.1 Å². The van der Waals surface area contributed by atoms with Crippen molar-refractivity contribution >= 4 is 9.84 Å². The van der Waals surface area contributed by atoms with E-state index in [0.717, 1.165) is 5.56 Å².